The van der Waals surface area contributed by atoms with Crippen LogP contribution < -0.4 is 5.32 Å². The number of anilines is 1. The molecular formula is C26H29NO5S. The summed E-state index contributed by atoms with van der Waals surface area (Å²) in [5.41, 5.74) is 3.26. The van der Waals surface area contributed by atoms with Crippen molar-refractivity contribution in [3.8, 4) is 0 Å². The number of hydrogen-bond donors (Lipinski definition) is 1. The summed E-state index contributed by atoms with van der Waals surface area (Å²) < 4.78 is 10.6. The molecular weight excluding hydrogens is 438 g/mol. The van der Waals surface area contributed by atoms with Crippen molar-refractivity contribution in [2.45, 2.75) is 51.9 Å². The molecule has 0 aliphatic heterocycles. The first kappa shape index (κ1) is 23.2. The van der Waals surface area contributed by atoms with Crippen molar-refractivity contribution < 1.29 is 23.9 Å². The normalized spacial score (nSPS) is 19.9. The first-order valence-electron chi connectivity index (χ1n) is 11.6. The summed E-state index contributed by atoms with van der Waals surface area (Å²) in [6.45, 7) is 4.07. The Hall–Kier alpha value is -2.93. The Balaban J connectivity index is 1.68. The SMILES string of the molecule is CCOC(=O)c1c(NC2=CC(=O)[C@@H](C(=O)OCC)[C@@H](c3ccccc3)C2)sc2c1CCCC2. The van der Waals surface area contributed by atoms with Gasteiger partial charge < -0.3 is 14.8 Å². The van der Waals surface area contributed by atoms with Gasteiger partial charge in [0, 0.05) is 22.6 Å². The number of carbonyl (C=O) groups is 3. The molecule has 33 heavy (non-hydrogen) atoms. The van der Waals surface area contributed by atoms with Crippen molar-refractivity contribution in [2.75, 3.05) is 18.5 Å². The van der Waals surface area contributed by atoms with E-state index in [1.807, 2.05) is 30.3 Å². The smallest absolute Gasteiger partial charge is 0.341 e. The van der Waals surface area contributed by atoms with Gasteiger partial charge in [-0.3, -0.25) is 9.59 Å². The number of rotatable bonds is 7. The van der Waals surface area contributed by atoms with Gasteiger partial charge in [0.05, 0.1) is 18.8 Å². The summed E-state index contributed by atoms with van der Waals surface area (Å²) in [6.07, 6.45) is 5.92. The lowest BCUT2D eigenvalue weighted by atomic mass is 9.76. The lowest BCUT2D eigenvalue weighted by Gasteiger charge is -2.29. The molecule has 1 N–H and O–H groups in total. The average Bonchev–Trinajstić information content (AvgIpc) is 3.17. The number of fused-ring (bicyclic) bond motifs is 1. The fraction of sp³-hybridized carbons (Fsp3) is 0.423. The second kappa shape index (κ2) is 10.3. The first-order valence-corrected chi connectivity index (χ1v) is 12.4. The highest BCUT2D eigenvalue weighted by Crippen LogP contribution is 2.42. The van der Waals surface area contributed by atoms with Gasteiger partial charge in [-0.25, -0.2) is 4.79 Å². The van der Waals surface area contributed by atoms with Crippen molar-refractivity contribution in [1.29, 1.82) is 0 Å². The molecule has 1 aromatic carbocycles. The van der Waals surface area contributed by atoms with Gasteiger partial charge in [0.15, 0.2) is 5.78 Å². The Bertz CT molecular complexity index is 1070. The maximum atomic E-state index is 13.1. The second-order valence-corrected chi connectivity index (χ2v) is 9.39. The summed E-state index contributed by atoms with van der Waals surface area (Å²) >= 11 is 1.57. The van der Waals surface area contributed by atoms with E-state index in [9.17, 15) is 14.4 Å². The molecule has 0 unspecified atom stereocenters. The Labute approximate surface area is 198 Å². The van der Waals surface area contributed by atoms with Crippen molar-refractivity contribution in [3.05, 3.63) is 63.7 Å². The molecule has 174 valence electrons. The monoisotopic (exact) mass is 467 g/mol. The van der Waals surface area contributed by atoms with Crippen LogP contribution in [0.1, 0.15) is 65.4 Å². The lowest BCUT2D eigenvalue weighted by molar-refractivity contribution is -0.151. The maximum absolute atomic E-state index is 13.1. The molecule has 2 atom stereocenters. The molecule has 0 spiro atoms. The molecule has 0 bridgehead atoms. The van der Waals surface area contributed by atoms with Crippen LogP contribution >= 0.6 is 11.3 Å². The van der Waals surface area contributed by atoms with Crippen LogP contribution in [0.2, 0.25) is 0 Å². The van der Waals surface area contributed by atoms with Crippen molar-refractivity contribution in [1.82, 2.24) is 0 Å². The van der Waals surface area contributed by atoms with Gasteiger partial charge in [-0.05, 0) is 57.1 Å². The van der Waals surface area contributed by atoms with Crippen LogP contribution in [0.3, 0.4) is 0 Å². The summed E-state index contributed by atoms with van der Waals surface area (Å²) in [6, 6.07) is 9.57. The summed E-state index contributed by atoms with van der Waals surface area (Å²) in [5.74, 6) is -2.32. The summed E-state index contributed by atoms with van der Waals surface area (Å²) in [5, 5.41) is 4.10. The van der Waals surface area contributed by atoms with Gasteiger partial charge in [-0.2, -0.15) is 0 Å². The zero-order valence-electron chi connectivity index (χ0n) is 19.0. The van der Waals surface area contributed by atoms with Crippen LogP contribution in [0, 0.1) is 5.92 Å². The van der Waals surface area contributed by atoms with Crippen molar-refractivity contribution >= 4 is 34.1 Å². The van der Waals surface area contributed by atoms with E-state index < -0.39 is 11.9 Å². The van der Waals surface area contributed by atoms with Crippen LogP contribution in [0.4, 0.5) is 5.00 Å². The number of esters is 2. The van der Waals surface area contributed by atoms with E-state index in [0.717, 1.165) is 41.8 Å². The van der Waals surface area contributed by atoms with Crippen LogP contribution in [0.25, 0.3) is 0 Å². The molecule has 0 fully saturated rings. The number of thiophene rings is 1. The highest BCUT2D eigenvalue weighted by atomic mass is 32.1. The zero-order chi connectivity index (χ0) is 23.4. The topological polar surface area (TPSA) is 81.7 Å². The molecule has 2 aliphatic carbocycles. The van der Waals surface area contributed by atoms with E-state index >= 15 is 0 Å². The molecule has 0 amide bonds. The third-order valence-corrected chi connectivity index (χ3v) is 7.37. The number of hydrogen-bond acceptors (Lipinski definition) is 7. The standard InChI is InChI=1S/C26H29NO5S/c1-3-31-25(29)22-19(16-10-6-5-7-11-16)14-17(15-20(22)28)27-24-23(26(30)32-4-2)18-12-8-9-13-21(18)33-24/h5-7,10-11,15,19,22,27H,3-4,8-9,12-14H2,1-2H3/t19-,22+/m1/s1. The highest BCUT2D eigenvalue weighted by molar-refractivity contribution is 7.16. The van der Waals surface area contributed by atoms with Crippen molar-refractivity contribution in [3.63, 3.8) is 0 Å². The van der Waals surface area contributed by atoms with Crippen LogP contribution in [-0.2, 0) is 31.9 Å². The lowest BCUT2D eigenvalue weighted by Crippen LogP contribution is -2.35. The number of benzene rings is 1. The molecule has 2 aliphatic rings. The Morgan fingerprint density at radius 3 is 2.52 bits per heavy atom. The van der Waals surface area contributed by atoms with E-state index in [0.29, 0.717) is 24.3 Å². The molecule has 1 aromatic heterocycles. The average molecular weight is 468 g/mol. The Morgan fingerprint density at radius 2 is 1.79 bits per heavy atom. The molecule has 1 heterocycles. The van der Waals surface area contributed by atoms with E-state index in [1.54, 1.807) is 25.2 Å². The predicted octanol–water partition coefficient (Wildman–Crippen LogP) is 5.04. The van der Waals surface area contributed by atoms with Gasteiger partial charge in [0.1, 0.15) is 10.9 Å². The third-order valence-electron chi connectivity index (χ3n) is 6.16. The van der Waals surface area contributed by atoms with Crippen LogP contribution in [0.5, 0.6) is 0 Å². The first-order chi connectivity index (χ1) is 16.0. The number of allylic oxidation sites excluding steroid dienone is 2. The van der Waals surface area contributed by atoms with Crippen LogP contribution in [0.15, 0.2) is 42.1 Å². The van der Waals surface area contributed by atoms with E-state index in [4.69, 9.17) is 9.47 Å². The van der Waals surface area contributed by atoms with Gasteiger partial charge in [0.25, 0.3) is 0 Å². The number of ether oxygens (including phenoxy) is 2. The molecule has 4 rings (SSSR count). The van der Waals surface area contributed by atoms with Gasteiger partial charge >= 0.3 is 11.9 Å². The minimum Gasteiger partial charge on any atom is -0.465 e. The van der Waals surface area contributed by atoms with E-state index in [-0.39, 0.29) is 24.3 Å². The molecule has 6 nitrogen and oxygen atoms in total. The molecule has 0 saturated heterocycles. The summed E-state index contributed by atoms with van der Waals surface area (Å²) in [4.78, 5) is 39.8. The zero-order valence-corrected chi connectivity index (χ0v) is 19.8. The quantitative estimate of drug-likeness (QED) is 0.454. The molecule has 7 heteroatoms. The summed E-state index contributed by atoms with van der Waals surface area (Å²) in [7, 11) is 0. The predicted molar refractivity (Wildman–Crippen MR) is 128 cm³/mol. The minimum absolute atomic E-state index is 0.225. The largest absolute Gasteiger partial charge is 0.465 e. The van der Waals surface area contributed by atoms with Gasteiger partial charge in [-0.15, -0.1) is 11.3 Å². The van der Waals surface area contributed by atoms with Gasteiger partial charge in [0.2, 0.25) is 0 Å². The third kappa shape index (κ3) is 4.88. The van der Waals surface area contributed by atoms with E-state index in [2.05, 4.69) is 5.32 Å². The Morgan fingerprint density at radius 1 is 1.06 bits per heavy atom. The number of aryl methyl sites for hydroxylation is 1. The van der Waals surface area contributed by atoms with Crippen LogP contribution in [-0.4, -0.2) is 30.9 Å². The fourth-order valence-corrected chi connectivity index (χ4v) is 6.01. The molecule has 0 saturated carbocycles. The van der Waals surface area contributed by atoms with Gasteiger partial charge in [-0.1, -0.05) is 30.3 Å². The minimum atomic E-state index is -0.876. The highest BCUT2D eigenvalue weighted by Gasteiger charge is 2.40. The molecule has 0 radical (unpaired) electrons. The number of nitrogens with one attached hydrogen (secondary N) is 1. The second-order valence-electron chi connectivity index (χ2n) is 8.28. The van der Waals surface area contributed by atoms with E-state index in [1.165, 1.54) is 11.0 Å². The molecule has 2 aromatic rings. The Kier molecular flexibility index (Phi) is 7.28. The fourth-order valence-electron chi connectivity index (χ4n) is 4.70. The number of carbonyl (C=O) groups excluding carboxylic acids is 3. The van der Waals surface area contributed by atoms with Crippen molar-refractivity contribution in [2.24, 2.45) is 5.92 Å². The maximum Gasteiger partial charge on any atom is 0.341 e. The number of ketones is 1.